The first-order valence-corrected chi connectivity index (χ1v) is 12.3. The minimum absolute atomic E-state index is 0. The average molecular weight is 520 g/mol. The Bertz CT molecular complexity index is 583. The van der Waals surface area contributed by atoms with Gasteiger partial charge >= 0.3 is 88.7 Å². The molecule has 0 atom stereocenters. The van der Waals surface area contributed by atoms with Gasteiger partial charge in [0, 0.05) is 76.7 Å². The second kappa shape index (κ2) is 20.2. The van der Waals surface area contributed by atoms with Crippen molar-refractivity contribution in [2.24, 2.45) is 0 Å². The second-order valence-electron chi connectivity index (χ2n) is 6.01. The van der Waals surface area contributed by atoms with Gasteiger partial charge in [0.2, 0.25) is 0 Å². The predicted octanol–water partition coefficient (Wildman–Crippen LogP) is -12.1. The van der Waals surface area contributed by atoms with Gasteiger partial charge in [-0.15, -0.1) is 0 Å². The van der Waals surface area contributed by atoms with Gasteiger partial charge in [-0.3, -0.25) is 19.7 Å². The fourth-order valence-corrected chi connectivity index (χ4v) is 3.96. The molecule has 30 heavy (non-hydrogen) atoms. The zero-order chi connectivity index (χ0) is 20.3. The Morgan fingerprint density at radius 2 is 1.03 bits per heavy atom. The molecule has 0 aromatic heterocycles. The van der Waals surface area contributed by atoms with Crippen molar-refractivity contribution in [2.45, 2.75) is 0 Å². The van der Waals surface area contributed by atoms with Gasteiger partial charge in [-0.1, -0.05) is 0 Å². The number of hydrogen-bond donors (Lipinski definition) is 0. The summed E-state index contributed by atoms with van der Waals surface area (Å²) in [6.07, 6.45) is 0. The van der Waals surface area contributed by atoms with E-state index in [9.17, 15) is 31.2 Å². The Morgan fingerprint density at radius 3 is 1.33 bits per heavy atom. The summed E-state index contributed by atoms with van der Waals surface area (Å²) in [4.78, 5) is 5.66. The smallest absolute Gasteiger partial charge is 0.748 e. The number of rotatable bonds is 11. The van der Waals surface area contributed by atoms with Gasteiger partial charge in [0.15, 0.2) is 0 Å². The maximum absolute atomic E-state index is 10.9. The molecule has 1 fully saturated rings. The molecular formula is C12H24N3Na3O9S3. The molecule has 0 amide bonds. The molecule has 1 rings (SSSR count). The number of nitrogens with zero attached hydrogens (tertiary/aromatic N) is 3. The fourth-order valence-electron chi connectivity index (χ4n) is 2.56. The normalized spacial score (nSPS) is 17.6. The van der Waals surface area contributed by atoms with Crippen LogP contribution in [0.4, 0.5) is 0 Å². The van der Waals surface area contributed by atoms with Crippen molar-refractivity contribution in [1.82, 2.24) is 14.7 Å². The summed E-state index contributed by atoms with van der Waals surface area (Å²) in [6.45, 7) is 3.82. The van der Waals surface area contributed by atoms with Crippen LogP contribution in [-0.2, 0) is 29.6 Å². The van der Waals surface area contributed by atoms with Crippen LogP contribution in [0.1, 0.15) is 0 Å². The van der Waals surface area contributed by atoms with Crippen LogP contribution < -0.4 is 93.9 Å². The van der Waals surface area contributed by atoms with Crippen LogP contribution in [0.5, 0.6) is 0 Å². The molecule has 1 heterocycles. The molecule has 0 saturated carbocycles. The third kappa shape index (κ3) is 21.5. The van der Waals surface area contributed by atoms with E-state index in [-0.39, 0.29) is 102 Å². The molecule has 1 saturated heterocycles. The van der Waals surface area contributed by atoms with Crippen molar-refractivity contribution in [2.75, 3.05) is 76.2 Å². The zero-order valence-electron chi connectivity index (χ0n) is 17.7. The SMILES string of the molecule is O=S(=O)([O-])CCN1CCN(CCSOO[O-])CCN(CCS(=O)(=O)[O-])CC1.[Na+].[Na+].[Na+]. The van der Waals surface area contributed by atoms with Crippen LogP contribution in [-0.4, -0.2) is 117 Å². The van der Waals surface area contributed by atoms with E-state index in [1.165, 1.54) is 0 Å². The topological polar surface area (TPSA) is 166 Å². The molecule has 0 bridgehead atoms. The van der Waals surface area contributed by atoms with Crippen LogP contribution in [0, 0.1) is 0 Å². The van der Waals surface area contributed by atoms with Crippen molar-refractivity contribution in [1.29, 1.82) is 0 Å². The zero-order valence-corrected chi connectivity index (χ0v) is 26.2. The van der Waals surface area contributed by atoms with E-state index in [1.54, 1.807) is 0 Å². The fraction of sp³-hybridized carbons (Fsp3) is 1.00. The Labute approximate surface area is 249 Å². The Balaban J connectivity index is -0.00000243. The van der Waals surface area contributed by atoms with Gasteiger partial charge in [0.25, 0.3) is 0 Å². The number of hydrogen-bond acceptors (Lipinski definition) is 13. The van der Waals surface area contributed by atoms with Crippen molar-refractivity contribution < 1.29 is 129 Å². The second-order valence-corrected chi connectivity index (χ2v) is 9.83. The molecule has 12 nitrogen and oxygen atoms in total. The van der Waals surface area contributed by atoms with E-state index >= 15 is 0 Å². The van der Waals surface area contributed by atoms with Crippen molar-refractivity contribution in [3.05, 3.63) is 0 Å². The summed E-state index contributed by atoms with van der Waals surface area (Å²) in [5, 5.41) is 13.1. The Kier molecular flexibility index (Phi) is 25.2. The van der Waals surface area contributed by atoms with Crippen molar-refractivity contribution in [3.8, 4) is 0 Å². The van der Waals surface area contributed by atoms with Gasteiger partial charge in [0.05, 0.1) is 31.7 Å². The Morgan fingerprint density at radius 1 is 0.700 bits per heavy atom. The van der Waals surface area contributed by atoms with E-state index in [0.717, 1.165) is 12.0 Å². The molecule has 0 unspecified atom stereocenters. The Hall–Kier alpha value is 2.93. The summed E-state index contributed by atoms with van der Waals surface area (Å²) in [7, 11) is -8.67. The van der Waals surface area contributed by atoms with Crippen LogP contribution in [0.2, 0.25) is 0 Å². The third-order valence-electron chi connectivity index (χ3n) is 4.08. The molecule has 1 aliphatic rings. The summed E-state index contributed by atoms with van der Waals surface area (Å²) in [6, 6.07) is 0. The van der Waals surface area contributed by atoms with E-state index in [2.05, 4.69) is 9.37 Å². The van der Waals surface area contributed by atoms with Gasteiger partial charge in [-0.05, 0) is 0 Å². The molecular weight excluding hydrogens is 495 g/mol. The largest absolute Gasteiger partial charge is 1.00 e. The van der Waals surface area contributed by atoms with Gasteiger partial charge in [-0.2, -0.15) is 4.33 Å². The third-order valence-corrected chi connectivity index (χ3v) is 5.95. The van der Waals surface area contributed by atoms with E-state index in [4.69, 9.17) is 0 Å². The summed E-state index contributed by atoms with van der Waals surface area (Å²) in [5.41, 5.74) is 0. The van der Waals surface area contributed by atoms with Gasteiger partial charge in [-0.25, -0.2) is 16.8 Å². The minimum atomic E-state index is -4.33. The van der Waals surface area contributed by atoms with Gasteiger partial charge < -0.3 is 14.4 Å². The molecule has 0 N–H and O–H groups in total. The van der Waals surface area contributed by atoms with Crippen LogP contribution in [0.25, 0.3) is 0 Å². The summed E-state index contributed by atoms with van der Waals surface area (Å²) in [5.74, 6) is -0.564. The summed E-state index contributed by atoms with van der Waals surface area (Å²) >= 11 is 0.848. The molecule has 0 aromatic carbocycles. The maximum Gasteiger partial charge on any atom is 1.00 e. The van der Waals surface area contributed by atoms with Crippen molar-refractivity contribution in [3.63, 3.8) is 0 Å². The molecule has 0 radical (unpaired) electrons. The van der Waals surface area contributed by atoms with E-state index in [1.807, 2.05) is 14.7 Å². The van der Waals surface area contributed by atoms with Crippen molar-refractivity contribution >= 4 is 32.3 Å². The molecule has 0 aliphatic carbocycles. The molecule has 18 heteroatoms. The molecule has 162 valence electrons. The molecule has 0 aromatic rings. The first-order chi connectivity index (χ1) is 12.6. The van der Waals surface area contributed by atoms with Gasteiger partial charge in [0.1, 0.15) is 0 Å². The summed E-state index contributed by atoms with van der Waals surface area (Å²) < 4.78 is 69.5. The average Bonchev–Trinajstić information content (AvgIpc) is 2.65. The van der Waals surface area contributed by atoms with Crippen LogP contribution >= 0.6 is 12.0 Å². The van der Waals surface area contributed by atoms with Crippen LogP contribution in [0.15, 0.2) is 0 Å². The van der Waals surface area contributed by atoms with Crippen LogP contribution in [0.3, 0.4) is 0 Å². The van der Waals surface area contributed by atoms with E-state index < -0.39 is 31.7 Å². The monoisotopic (exact) mass is 519 g/mol. The predicted molar refractivity (Wildman–Crippen MR) is 93.1 cm³/mol. The van der Waals surface area contributed by atoms with E-state index in [0.29, 0.717) is 51.6 Å². The molecule has 0 spiro atoms. The molecule has 1 aliphatic heterocycles. The quantitative estimate of drug-likeness (QED) is 0.0631. The first-order valence-electron chi connectivity index (χ1n) is 8.21. The first kappa shape index (κ1) is 37.5. The maximum atomic E-state index is 10.9. The standard InChI is InChI=1S/C12H27N3O9S3.3Na/c16-23-24-25-10-7-13-1-3-14(8-11-26(17,18)19)5-6-15(4-2-13)9-12-27(20,21)22;;;/h16H,1-12H2,(H,17,18,19)(H,20,21,22);;;/q;3*+1/p-3. The minimum Gasteiger partial charge on any atom is -0.748 e.